The molecule has 0 amide bonds. The highest BCUT2D eigenvalue weighted by Gasteiger charge is 2.39. The zero-order valence-corrected chi connectivity index (χ0v) is 8.74. The number of para-hydroxylation sites is 1. The highest BCUT2D eigenvalue weighted by molar-refractivity contribution is 5.90. The minimum absolute atomic E-state index is 0.621. The first-order chi connectivity index (χ1) is 8.23. The maximum atomic E-state index is 13.2. The van der Waals surface area contributed by atoms with Crippen LogP contribution >= 0.6 is 0 Å². The van der Waals surface area contributed by atoms with Crippen molar-refractivity contribution < 1.29 is 37.3 Å². The summed E-state index contributed by atoms with van der Waals surface area (Å²) in [6, 6.07) is 2.88. The zero-order valence-electron chi connectivity index (χ0n) is 8.74. The Morgan fingerprint density at radius 1 is 1.39 bits per heavy atom. The van der Waals surface area contributed by atoms with Gasteiger partial charge in [0.25, 0.3) is 0 Å². The molecule has 0 aliphatic heterocycles. The van der Waals surface area contributed by atoms with Gasteiger partial charge >= 0.3 is 12.1 Å². The van der Waals surface area contributed by atoms with E-state index >= 15 is 0 Å². The van der Waals surface area contributed by atoms with Crippen molar-refractivity contribution in [1.29, 1.82) is 0 Å². The van der Waals surface area contributed by atoms with Crippen molar-refractivity contribution >= 4 is 5.97 Å². The third kappa shape index (κ3) is 3.33. The molecule has 0 saturated carbocycles. The SMILES string of the molecule is O=C(O)c1cccc(F)c1OCC(O)C(F)(F)F. The van der Waals surface area contributed by atoms with E-state index in [1.54, 1.807) is 0 Å². The molecule has 1 rings (SSSR count). The molecule has 2 N–H and O–H groups in total. The summed E-state index contributed by atoms with van der Waals surface area (Å²) in [5, 5.41) is 17.3. The molecule has 4 nitrogen and oxygen atoms in total. The predicted molar refractivity (Wildman–Crippen MR) is 50.9 cm³/mol. The first kappa shape index (κ1) is 14.2. The molecule has 18 heavy (non-hydrogen) atoms. The molecule has 0 bridgehead atoms. The molecule has 0 aliphatic rings. The number of aliphatic hydroxyl groups is 1. The molecule has 100 valence electrons. The third-order valence-corrected chi connectivity index (χ3v) is 1.96. The van der Waals surface area contributed by atoms with Gasteiger partial charge in [-0.15, -0.1) is 0 Å². The molecule has 0 saturated heterocycles. The lowest BCUT2D eigenvalue weighted by Gasteiger charge is -2.16. The van der Waals surface area contributed by atoms with E-state index in [1.165, 1.54) is 0 Å². The highest BCUT2D eigenvalue weighted by atomic mass is 19.4. The molecule has 0 aromatic heterocycles. The number of carboxylic acid groups (broad SMARTS) is 1. The van der Waals surface area contributed by atoms with Gasteiger partial charge < -0.3 is 14.9 Å². The summed E-state index contributed by atoms with van der Waals surface area (Å²) in [7, 11) is 0. The van der Waals surface area contributed by atoms with Crippen molar-refractivity contribution in [3.8, 4) is 5.75 Å². The number of benzene rings is 1. The second-order valence-electron chi connectivity index (χ2n) is 3.29. The van der Waals surface area contributed by atoms with Crippen LogP contribution in [-0.2, 0) is 0 Å². The van der Waals surface area contributed by atoms with Crippen molar-refractivity contribution in [1.82, 2.24) is 0 Å². The number of carboxylic acids is 1. The van der Waals surface area contributed by atoms with Gasteiger partial charge in [0.15, 0.2) is 17.7 Å². The monoisotopic (exact) mass is 268 g/mol. The molecule has 0 radical (unpaired) electrons. The molecule has 1 unspecified atom stereocenters. The molecule has 0 heterocycles. The van der Waals surface area contributed by atoms with E-state index in [4.69, 9.17) is 10.2 Å². The number of ether oxygens (including phenoxy) is 1. The Bertz CT molecular complexity index is 444. The first-order valence-corrected chi connectivity index (χ1v) is 4.63. The Morgan fingerprint density at radius 2 is 2.00 bits per heavy atom. The lowest BCUT2D eigenvalue weighted by molar-refractivity contribution is -0.210. The lowest BCUT2D eigenvalue weighted by Crippen LogP contribution is -2.34. The van der Waals surface area contributed by atoms with Crippen molar-refractivity contribution in [2.75, 3.05) is 6.61 Å². The van der Waals surface area contributed by atoms with E-state index in [1.807, 2.05) is 0 Å². The quantitative estimate of drug-likeness (QED) is 0.817. The van der Waals surface area contributed by atoms with Gasteiger partial charge in [0.2, 0.25) is 0 Å². The molecular weight excluding hydrogens is 260 g/mol. The van der Waals surface area contributed by atoms with E-state index in [2.05, 4.69) is 4.74 Å². The van der Waals surface area contributed by atoms with Crippen molar-refractivity contribution in [3.63, 3.8) is 0 Å². The molecule has 0 spiro atoms. The number of alkyl halides is 3. The average Bonchev–Trinajstić information content (AvgIpc) is 2.25. The number of halogens is 4. The van der Waals surface area contributed by atoms with Crippen molar-refractivity contribution in [3.05, 3.63) is 29.6 Å². The maximum absolute atomic E-state index is 13.2. The largest absolute Gasteiger partial charge is 0.487 e. The summed E-state index contributed by atoms with van der Waals surface area (Å²) >= 11 is 0. The van der Waals surface area contributed by atoms with Crippen LogP contribution in [0.5, 0.6) is 5.75 Å². The van der Waals surface area contributed by atoms with E-state index in [0.29, 0.717) is 0 Å². The van der Waals surface area contributed by atoms with Crippen LogP contribution in [0.25, 0.3) is 0 Å². The maximum Gasteiger partial charge on any atom is 0.417 e. The van der Waals surface area contributed by atoms with Gasteiger partial charge in [-0.2, -0.15) is 13.2 Å². The second kappa shape index (κ2) is 5.21. The van der Waals surface area contributed by atoms with Gasteiger partial charge in [-0.3, -0.25) is 0 Å². The van der Waals surface area contributed by atoms with Gasteiger partial charge in [-0.25, -0.2) is 9.18 Å². The summed E-state index contributed by atoms with van der Waals surface area (Å²) in [6.07, 6.45) is -7.74. The van der Waals surface area contributed by atoms with Crippen molar-refractivity contribution in [2.45, 2.75) is 12.3 Å². The van der Waals surface area contributed by atoms with Crippen LogP contribution in [-0.4, -0.2) is 35.1 Å². The van der Waals surface area contributed by atoms with Crippen LogP contribution in [0.2, 0.25) is 0 Å². The molecule has 0 aliphatic carbocycles. The first-order valence-electron chi connectivity index (χ1n) is 4.63. The molecule has 1 aromatic rings. The van der Waals surface area contributed by atoms with Crippen LogP contribution in [0.15, 0.2) is 18.2 Å². The Labute approximate surface area is 98.4 Å². The Balaban J connectivity index is 2.88. The van der Waals surface area contributed by atoms with Crippen LogP contribution < -0.4 is 4.74 Å². The Kier molecular flexibility index (Phi) is 4.12. The van der Waals surface area contributed by atoms with E-state index in [-0.39, 0.29) is 0 Å². The zero-order chi connectivity index (χ0) is 13.9. The standard InChI is InChI=1S/C10H8F4O4/c11-6-3-1-2-5(9(16)17)8(6)18-4-7(15)10(12,13)14/h1-3,7,15H,4H2,(H,16,17). The number of aliphatic hydroxyl groups excluding tert-OH is 1. The fraction of sp³-hybridized carbons (Fsp3) is 0.300. The van der Waals surface area contributed by atoms with Crippen molar-refractivity contribution in [2.24, 2.45) is 0 Å². The summed E-state index contributed by atoms with van der Waals surface area (Å²) in [6.45, 7) is -1.29. The van der Waals surface area contributed by atoms with Crippen LogP contribution in [0.1, 0.15) is 10.4 Å². The van der Waals surface area contributed by atoms with Gasteiger partial charge in [0.1, 0.15) is 12.2 Å². The average molecular weight is 268 g/mol. The van der Waals surface area contributed by atoms with Gasteiger partial charge in [0, 0.05) is 0 Å². The Morgan fingerprint density at radius 3 is 2.50 bits per heavy atom. The number of aromatic carboxylic acids is 1. The van der Waals surface area contributed by atoms with Crippen LogP contribution in [0, 0.1) is 5.82 Å². The fourth-order valence-electron chi connectivity index (χ4n) is 1.08. The molecular formula is C10H8F4O4. The van der Waals surface area contributed by atoms with E-state index in [9.17, 15) is 22.4 Å². The summed E-state index contributed by atoms with van der Waals surface area (Å²) in [4.78, 5) is 10.7. The van der Waals surface area contributed by atoms with Gasteiger partial charge in [0.05, 0.1) is 0 Å². The van der Waals surface area contributed by atoms with E-state index in [0.717, 1.165) is 18.2 Å². The van der Waals surface area contributed by atoms with Crippen LogP contribution in [0.4, 0.5) is 17.6 Å². The van der Waals surface area contributed by atoms with Gasteiger partial charge in [-0.1, -0.05) is 6.07 Å². The smallest absolute Gasteiger partial charge is 0.417 e. The minimum atomic E-state index is -4.92. The summed E-state index contributed by atoms with van der Waals surface area (Å²) in [5.41, 5.74) is -0.621. The molecule has 1 aromatic carbocycles. The lowest BCUT2D eigenvalue weighted by atomic mass is 10.2. The molecule has 8 heteroatoms. The number of hydrogen-bond donors (Lipinski definition) is 2. The molecule has 0 fully saturated rings. The number of hydrogen-bond acceptors (Lipinski definition) is 3. The number of rotatable bonds is 4. The predicted octanol–water partition coefficient (Wildman–Crippen LogP) is 1.83. The van der Waals surface area contributed by atoms with E-state index < -0.39 is 42.0 Å². The van der Waals surface area contributed by atoms with Gasteiger partial charge in [-0.05, 0) is 12.1 Å². The normalized spacial score (nSPS) is 13.2. The second-order valence-corrected chi connectivity index (χ2v) is 3.29. The third-order valence-electron chi connectivity index (χ3n) is 1.96. The summed E-state index contributed by atoms with van der Waals surface area (Å²) < 4.78 is 53.5. The molecule has 1 atom stereocenters. The topological polar surface area (TPSA) is 66.8 Å². The minimum Gasteiger partial charge on any atom is -0.487 e. The number of carbonyl (C=O) groups is 1. The summed E-state index contributed by atoms with van der Waals surface area (Å²) in [5.74, 6) is -3.51. The highest BCUT2D eigenvalue weighted by Crippen LogP contribution is 2.25. The fourth-order valence-corrected chi connectivity index (χ4v) is 1.08. The Hall–Kier alpha value is -1.83. The van der Waals surface area contributed by atoms with Crippen LogP contribution in [0.3, 0.4) is 0 Å².